The number of nitrogens with one attached hydrogen (secondary N) is 1. The summed E-state index contributed by atoms with van der Waals surface area (Å²) >= 11 is 0. The van der Waals surface area contributed by atoms with Gasteiger partial charge in [0.25, 0.3) is 0 Å². The first kappa shape index (κ1) is 19.6. The first-order valence-electron chi connectivity index (χ1n) is 8.52. The summed E-state index contributed by atoms with van der Waals surface area (Å²) in [5, 5.41) is 12.3. The van der Waals surface area contributed by atoms with Crippen molar-refractivity contribution in [1.29, 1.82) is 0 Å². The molecule has 2 aromatic rings. The van der Waals surface area contributed by atoms with E-state index in [0.717, 1.165) is 28.3 Å². The van der Waals surface area contributed by atoms with Crippen LogP contribution in [0, 0.1) is 6.92 Å². The molecule has 0 unspecified atom stereocenters. The lowest BCUT2D eigenvalue weighted by molar-refractivity contribution is 0.185. The van der Waals surface area contributed by atoms with E-state index in [-0.39, 0.29) is 19.2 Å². The van der Waals surface area contributed by atoms with Gasteiger partial charge in [-0.25, -0.2) is 4.79 Å². The second kappa shape index (κ2) is 9.10. The van der Waals surface area contributed by atoms with Crippen molar-refractivity contribution in [2.24, 2.45) is 0 Å². The van der Waals surface area contributed by atoms with E-state index in [1.165, 1.54) is 0 Å². The van der Waals surface area contributed by atoms with E-state index in [1.807, 2.05) is 68.4 Å². The number of methoxy groups -OCH3 is 1. The molecular weight excluding hydrogens is 330 g/mol. The van der Waals surface area contributed by atoms with Crippen LogP contribution in [0.15, 0.2) is 42.5 Å². The van der Waals surface area contributed by atoms with Crippen LogP contribution in [-0.4, -0.2) is 50.4 Å². The van der Waals surface area contributed by atoms with Crippen LogP contribution in [0.4, 0.5) is 16.2 Å². The van der Waals surface area contributed by atoms with Gasteiger partial charge in [-0.1, -0.05) is 18.2 Å². The number of ether oxygens (including phenoxy) is 1. The van der Waals surface area contributed by atoms with E-state index in [4.69, 9.17) is 4.74 Å². The van der Waals surface area contributed by atoms with Crippen molar-refractivity contribution >= 4 is 17.4 Å². The molecule has 140 valence electrons. The molecule has 2 rings (SSSR count). The second-order valence-electron chi connectivity index (χ2n) is 6.32. The van der Waals surface area contributed by atoms with Gasteiger partial charge in [0.2, 0.25) is 0 Å². The third-order valence-corrected chi connectivity index (χ3v) is 4.17. The first-order chi connectivity index (χ1) is 12.4. The van der Waals surface area contributed by atoms with E-state index >= 15 is 0 Å². The minimum atomic E-state index is -0.242. The number of hydrogen-bond acceptors (Lipinski definition) is 4. The monoisotopic (exact) mass is 357 g/mol. The topological polar surface area (TPSA) is 65.0 Å². The lowest BCUT2D eigenvalue weighted by Gasteiger charge is -2.23. The number of urea groups is 1. The average Bonchev–Trinajstić information content (AvgIpc) is 2.63. The Hall–Kier alpha value is -2.73. The summed E-state index contributed by atoms with van der Waals surface area (Å²) in [6, 6.07) is 13.2. The smallest absolute Gasteiger partial charge is 0.322 e. The van der Waals surface area contributed by atoms with Crippen LogP contribution in [0.1, 0.15) is 11.1 Å². The zero-order valence-electron chi connectivity index (χ0n) is 15.8. The number of hydrogen-bond donors (Lipinski definition) is 2. The van der Waals surface area contributed by atoms with Gasteiger partial charge in [-0.05, 0) is 42.3 Å². The van der Waals surface area contributed by atoms with Gasteiger partial charge in [-0.15, -0.1) is 0 Å². The molecule has 2 N–H and O–H groups in total. The predicted molar refractivity (Wildman–Crippen MR) is 105 cm³/mol. The maximum atomic E-state index is 12.7. The molecule has 0 saturated heterocycles. The van der Waals surface area contributed by atoms with Gasteiger partial charge in [-0.3, -0.25) is 0 Å². The molecule has 0 aliphatic carbocycles. The summed E-state index contributed by atoms with van der Waals surface area (Å²) in [7, 11) is 5.53. The Balaban J connectivity index is 2.13. The highest BCUT2D eigenvalue weighted by molar-refractivity contribution is 5.90. The van der Waals surface area contributed by atoms with Crippen LogP contribution in [0.25, 0.3) is 0 Å². The van der Waals surface area contributed by atoms with Crippen LogP contribution in [0.2, 0.25) is 0 Å². The number of aliphatic hydroxyl groups is 1. The lowest BCUT2D eigenvalue weighted by atomic mass is 10.1. The molecule has 0 aliphatic rings. The Kier molecular flexibility index (Phi) is 6.86. The van der Waals surface area contributed by atoms with Crippen molar-refractivity contribution in [1.82, 2.24) is 4.90 Å². The molecule has 6 nitrogen and oxygen atoms in total. The third kappa shape index (κ3) is 5.13. The van der Waals surface area contributed by atoms with Crippen LogP contribution >= 0.6 is 0 Å². The van der Waals surface area contributed by atoms with Crippen LogP contribution in [0.3, 0.4) is 0 Å². The van der Waals surface area contributed by atoms with Crippen molar-refractivity contribution in [3.8, 4) is 5.75 Å². The molecule has 0 heterocycles. The van der Waals surface area contributed by atoms with Crippen LogP contribution in [0.5, 0.6) is 5.75 Å². The minimum Gasteiger partial charge on any atom is -0.497 e. The van der Waals surface area contributed by atoms with E-state index in [2.05, 4.69) is 5.32 Å². The fourth-order valence-electron chi connectivity index (χ4n) is 2.54. The van der Waals surface area contributed by atoms with Gasteiger partial charge in [0.15, 0.2) is 0 Å². The molecular formula is C20H27N3O3. The molecule has 0 aromatic heterocycles. The SMILES string of the molecule is COc1ccc(CN(CCO)C(=O)Nc2cc(N(C)C)ccc2C)cc1. The number of rotatable bonds is 7. The zero-order chi connectivity index (χ0) is 19.1. The van der Waals surface area contributed by atoms with E-state index < -0.39 is 0 Å². The largest absolute Gasteiger partial charge is 0.497 e. The number of carbonyl (C=O) groups excluding carboxylic acids is 1. The van der Waals surface area contributed by atoms with Crippen molar-refractivity contribution in [2.75, 3.05) is 44.6 Å². The van der Waals surface area contributed by atoms with Gasteiger partial charge in [0, 0.05) is 38.6 Å². The summed E-state index contributed by atoms with van der Waals surface area (Å²) in [5.74, 6) is 0.767. The van der Waals surface area contributed by atoms with E-state index in [1.54, 1.807) is 12.0 Å². The quantitative estimate of drug-likeness (QED) is 0.799. The fraction of sp³-hybridized carbons (Fsp3) is 0.350. The summed E-state index contributed by atoms with van der Waals surface area (Å²) in [5.41, 5.74) is 3.72. The standard InChI is InChI=1S/C20H27N3O3/c1-15-5-8-17(22(2)3)13-19(15)21-20(25)23(11-12-24)14-16-6-9-18(26-4)10-7-16/h5-10,13,24H,11-12,14H2,1-4H3,(H,21,25). The molecule has 0 spiro atoms. The highest BCUT2D eigenvalue weighted by Crippen LogP contribution is 2.22. The Morgan fingerprint density at radius 3 is 2.42 bits per heavy atom. The van der Waals surface area contributed by atoms with Gasteiger partial charge in [-0.2, -0.15) is 0 Å². The number of carbonyl (C=O) groups is 1. The van der Waals surface area contributed by atoms with Crippen molar-refractivity contribution in [2.45, 2.75) is 13.5 Å². The van der Waals surface area contributed by atoms with E-state index in [9.17, 15) is 9.90 Å². The zero-order valence-corrected chi connectivity index (χ0v) is 15.8. The molecule has 0 atom stereocenters. The minimum absolute atomic E-state index is 0.0969. The number of aryl methyl sites for hydroxylation is 1. The number of aliphatic hydroxyl groups excluding tert-OH is 1. The van der Waals surface area contributed by atoms with Gasteiger partial charge in [0.05, 0.1) is 13.7 Å². The molecule has 6 heteroatoms. The Labute approximate surface area is 155 Å². The highest BCUT2D eigenvalue weighted by atomic mass is 16.5. The second-order valence-corrected chi connectivity index (χ2v) is 6.32. The molecule has 0 saturated carbocycles. The van der Waals surface area contributed by atoms with Crippen molar-refractivity contribution < 1.29 is 14.6 Å². The molecule has 2 aromatic carbocycles. The first-order valence-corrected chi connectivity index (χ1v) is 8.52. The molecule has 0 aliphatic heterocycles. The number of nitrogens with zero attached hydrogens (tertiary/aromatic N) is 2. The lowest BCUT2D eigenvalue weighted by Crippen LogP contribution is -2.36. The van der Waals surface area contributed by atoms with Crippen LogP contribution < -0.4 is 15.0 Å². The molecule has 0 fully saturated rings. The maximum Gasteiger partial charge on any atom is 0.322 e. The van der Waals surface area contributed by atoms with Crippen molar-refractivity contribution in [3.05, 3.63) is 53.6 Å². The fourth-order valence-corrected chi connectivity index (χ4v) is 2.54. The normalized spacial score (nSPS) is 10.3. The maximum absolute atomic E-state index is 12.7. The molecule has 0 radical (unpaired) electrons. The number of benzene rings is 2. The summed E-state index contributed by atoms with van der Waals surface area (Å²) in [6.45, 7) is 2.52. The number of amides is 2. The summed E-state index contributed by atoms with van der Waals surface area (Å²) in [6.07, 6.45) is 0. The van der Waals surface area contributed by atoms with Gasteiger partial charge >= 0.3 is 6.03 Å². The summed E-state index contributed by atoms with van der Waals surface area (Å²) < 4.78 is 5.15. The van der Waals surface area contributed by atoms with Crippen molar-refractivity contribution in [3.63, 3.8) is 0 Å². The average molecular weight is 357 g/mol. The highest BCUT2D eigenvalue weighted by Gasteiger charge is 2.15. The predicted octanol–water partition coefficient (Wildman–Crippen LogP) is 3.10. The Morgan fingerprint density at radius 2 is 1.85 bits per heavy atom. The van der Waals surface area contributed by atoms with Crippen LogP contribution in [-0.2, 0) is 6.54 Å². The van der Waals surface area contributed by atoms with Gasteiger partial charge in [0.1, 0.15) is 5.75 Å². The Bertz CT molecular complexity index is 730. The molecule has 0 bridgehead atoms. The molecule has 2 amide bonds. The van der Waals surface area contributed by atoms with E-state index in [0.29, 0.717) is 6.54 Å². The van der Waals surface area contributed by atoms with Gasteiger partial charge < -0.3 is 25.0 Å². The third-order valence-electron chi connectivity index (χ3n) is 4.17. The summed E-state index contributed by atoms with van der Waals surface area (Å²) in [4.78, 5) is 16.3. The Morgan fingerprint density at radius 1 is 1.15 bits per heavy atom. The number of anilines is 2. The molecule has 26 heavy (non-hydrogen) atoms.